The number of rotatable bonds is 3. The lowest BCUT2D eigenvalue weighted by Gasteiger charge is -2.08. The fourth-order valence-corrected chi connectivity index (χ4v) is 1.97. The van der Waals surface area contributed by atoms with Gasteiger partial charge in [0.25, 0.3) is 0 Å². The zero-order chi connectivity index (χ0) is 18.0. The summed E-state index contributed by atoms with van der Waals surface area (Å²) in [5.74, 6) is 0. The van der Waals surface area contributed by atoms with Gasteiger partial charge in [0.2, 0.25) is 0 Å². The molecule has 0 heterocycles. The summed E-state index contributed by atoms with van der Waals surface area (Å²) in [6, 6.07) is 6.93. The molecule has 0 aliphatic rings. The van der Waals surface area contributed by atoms with Crippen LogP contribution in [0.15, 0.2) is 42.5 Å². The molecule has 24 heavy (non-hydrogen) atoms. The predicted octanol–water partition coefficient (Wildman–Crippen LogP) is 5.71. The highest BCUT2D eigenvalue weighted by molar-refractivity contribution is 5.85. The van der Waals surface area contributed by atoms with Gasteiger partial charge in [0.15, 0.2) is 6.29 Å². The van der Waals surface area contributed by atoms with E-state index in [2.05, 4.69) is 0 Å². The van der Waals surface area contributed by atoms with Gasteiger partial charge in [-0.25, -0.2) is 0 Å². The summed E-state index contributed by atoms with van der Waals surface area (Å²) in [5, 5.41) is 0. The fourth-order valence-electron chi connectivity index (χ4n) is 1.97. The SMILES string of the molecule is O=Cc1cc(C(F)(F)F)ccc1/C=C/c1ccc(C(F)(F)F)cc1. The lowest BCUT2D eigenvalue weighted by Crippen LogP contribution is -2.05. The first kappa shape index (κ1) is 17.8. The Morgan fingerprint density at radius 3 is 1.71 bits per heavy atom. The molecule has 0 unspecified atom stereocenters. The Labute approximate surface area is 133 Å². The second kappa shape index (κ2) is 6.51. The van der Waals surface area contributed by atoms with E-state index in [1.165, 1.54) is 24.3 Å². The van der Waals surface area contributed by atoms with E-state index in [0.717, 1.165) is 30.3 Å². The first-order chi connectivity index (χ1) is 11.1. The number of carbonyl (C=O) groups excluding carboxylic acids is 1. The second-order valence-electron chi connectivity index (χ2n) is 4.91. The second-order valence-corrected chi connectivity index (χ2v) is 4.91. The van der Waals surface area contributed by atoms with Gasteiger partial charge in [-0.3, -0.25) is 4.79 Å². The van der Waals surface area contributed by atoms with E-state index < -0.39 is 23.5 Å². The highest BCUT2D eigenvalue weighted by Crippen LogP contribution is 2.31. The molecule has 0 radical (unpaired) electrons. The van der Waals surface area contributed by atoms with Crippen LogP contribution < -0.4 is 0 Å². The standard InChI is InChI=1S/C17H10F6O/c18-16(19,20)14-6-2-11(3-7-14)1-4-12-5-8-15(17(21,22)23)9-13(12)10-24/h1-10H/b4-1+. The van der Waals surface area contributed by atoms with Crippen LogP contribution in [0.2, 0.25) is 0 Å². The van der Waals surface area contributed by atoms with E-state index in [-0.39, 0.29) is 11.1 Å². The third-order valence-electron chi connectivity index (χ3n) is 3.23. The average molecular weight is 344 g/mol. The summed E-state index contributed by atoms with van der Waals surface area (Å²) < 4.78 is 75.1. The largest absolute Gasteiger partial charge is 0.416 e. The number of aldehydes is 1. The Hall–Kier alpha value is -2.57. The molecule has 2 rings (SSSR count). The number of alkyl halides is 6. The van der Waals surface area contributed by atoms with Gasteiger partial charge in [-0.2, -0.15) is 26.3 Å². The van der Waals surface area contributed by atoms with Crippen LogP contribution in [0.25, 0.3) is 12.2 Å². The molecule has 1 nitrogen and oxygen atoms in total. The van der Waals surface area contributed by atoms with Gasteiger partial charge in [-0.15, -0.1) is 0 Å². The van der Waals surface area contributed by atoms with Crippen molar-refractivity contribution in [3.63, 3.8) is 0 Å². The smallest absolute Gasteiger partial charge is 0.298 e. The van der Waals surface area contributed by atoms with E-state index in [0.29, 0.717) is 11.8 Å². The fraction of sp³-hybridized carbons (Fsp3) is 0.118. The summed E-state index contributed by atoms with van der Waals surface area (Å²) in [4.78, 5) is 10.9. The predicted molar refractivity (Wildman–Crippen MR) is 77.2 cm³/mol. The summed E-state index contributed by atoms with van der Waals surface area (Å²) in [7, 11) is 0. The van der Waals surface area contributed by atoms with Crippen molar-refractivity contribution in [3.8, 4) is 0 Å². The number of hydrogen-bond acceptors (Lipinski definition) is 1. The summed E-state index contributed by atoms with van der Waals surface area (Å²) >= 11 is 0. The minimum absolute atomic E-state index is 0.159. The molecular formula is C17H10F6O. The Bertz CT molecular complexity index is 754. The molecule has 2 aromatic rings. The molecule has 0 N–H and O–H groups in total. The molecular weight excluding hydrogens is 334 g/mol. The van der Waals surface area contributed by atoms with E-state index in [9.17, 15) is 31.1 Å². The monoisotopic (exact) mass is 344 g/mol. The lowest BCUT2D eigenvalue weighted by atomic mass is 10.0. The number of benzene rings is 2. The number of halogens is 6. The van der Waals surface area contributed by atoms with Crippen LogP contribution in [0, 0.1) is 0 Å². The van der Waals surface area contributed by atoms with Gasteiger partial charge < -0.3 is 0 Å². The van der Waals surface area contributed by atoms with E-state index in [1.807, 2.05) is 0 Å². The van der Waals surface area contributed by atoms with Gasteiger partial charge in [0.1, 0.15) is 0 Å². The average Bonchev–Trinajstić information content (AvgIpc) is 2.51. The van der Waals surface area contributed by atoms with Gasteiger partial charge in [0, 0.05) is 5.56 Å². The van der Waals surface area contributed by atoms with Crippen LogP contribution in [0.3, 0.4) is 0 Å². The summed E-state index contributed by atoms with van der Waals surface area (Å²) in [6.07, 6.45) is -5.93. The topological polar surface area (TPSA) is 17.1 Å². The first-order valence-electron chi connectivity index (χ1n) is 6.63. The van der Waals surface area contributed by atoms with Crippen LogP contribution in [0.1, 0.15) is 32.6 Å². The van der Waals surface area contributed by atoms with Crippen molar-refractivity contribution in [3.05, 3.63) is 70.3 Å². The van der Waals surface area contributed by atoms with Crippen molar-refractivity contribution in [2.45, 2.75) is 12.4 Å². The highest BCUT2D eigenvalue weighted by atomic mass is 19.4. The minimum Gasteiger partial charge on any atom is -0.298 e. The number of hydrogen-bond donors (Lipinski definition) is 0. The van der Waals surface area contributed by atoms with Gasteiger partial charge in [-0.05, 0) is 35.4 Å². The Balaban J connectivity index is 2.27. The number of carbonyl (C=O) groups is 1. The molecule has 0 saturated carbocycles. The molecule has 2 aromatic carbocycles. The van der Waals surface area contributed by atoms with Gasteiger partial charge >= 0.3 is 12.4 Å². The maximum Gasteiger partial charge on any atom is 0.416 e. The molecule has 0 saturated heterocycles. The van der Waals surface area contributed by atoms with Gasteiger partial charge in [-0.1, -0.05) is 30.4 Å². The summed E-state index contributed by atoms with van der Waals surface area (Å²) in [6.45, 7) is 0. The molecule has 0 aliphatic heterocycles. The Morgan fingerprint density at radius 2 is 1.21 bits per heavy atom. The Morgan fingerprint density at radius 1 is 0.667 bits per heavy atom. The lowest BCUT2D eigenvalue weighted by molar-refractivity contribution is -0.138. The normalized spacial score (nSPS) is 12.6. The molecule has 0 amide bonds. The molecule has 0 aromatic heterocycles. The van der Waals surface area contributed by atoms with Crippen LogP contribution in [-0.4, -0.2) is 6.29 Å². The molecule has 7 heteroatoms. The maximum absolute atomic E-state index is 12.6. The van der Waals surface area contributed by atoms with Crippen LogP contribution >= 0.6 is 0 Å². The molecule has 0 atom stereocenters. The molecule has 0 spiro atoms. The highest BCUT2D eigenvalue weighted by Gasteiger charge is 2.31. The van der Waals surface area contributed by atoms with E-state index in [1.54, 1.807) is 0 Å². The van der Waals surface area contributed by atoms with Crippen molar-refractivity contribution in [2.24, 2.45) is 0 Å². The third-order valence-corrected chi connectivity index (χ3v) is 3.23. The van der Waals surface area contributed by atoms with E-state index >= 15 is 0 Å². The summed E-state index contributed by atoms with van der Waals surface area (Å²) in [5.41, 5.74) is -1.26. The van der Waals surface area contributed by atoms with Crippen LogP contribution in [0.4, 0.5) is 26.3 Å². The van der Waals surface area contributed by atoms with Crippen LogP contribution in [-0.2, 0) is 12.4 Å². The van der Waals surface area contributed by atoms with Gasteiger partial charge in [0.05, 0.1) is 11.1 Å². The third kappa shape index (κ3) is 4.24. The van der Waals surface area contributed by atoms with Crippen molar-refractivity contribution in [1.29, 1.82) is 0 Å². The van der Waals surface area contributed by atoms with Crippen molar-refractivity contribution >= 4 is 18.4 Å². The molecule has 126 valence electrons. The zero-order valence-electron chi connectivity index (χ0n) is 11.9. The van der Waals surface area contributed by atoms with Crippen LogP contribution in [0.5, 0.6) is 0 Å². The van der Waals surface area contributed by atoms with E-state index in [4.69, 9.17) is 0 Å². The molecule has 0 aliphatic carbocycles. The Kier molecular flexibility index (Phi) is 4.82. The molecule has 0 fully saturated rings. The minimum atomic E-state index is -4.56. The first-order valence-corrected chi connectivity index (χ1v) is 6.63. The quantitative estimate of drug-likeness (QED) is 0.396. The van der Waals surface area contributed by atoms with Crippen molar-refractivity contribution in [2.75, 3.05) is 0 Å². The zero-order valence-corrected chi connectivity index (χ0v) is 11.9. The molecule has 0 bridgehead atoms. The van der Waals surface area contributed by atoms with Crippen molar-refractivity contribution < 1.29 is 31.1 Å². The van der Waals surface area contributed by atoms with Crippen molar-refractivity contribution in [1.82, 2.24) is 0 Å². The maximum atomic E-state index is 12.6.